The maximum Gasteiger partial charge on any atom is 0.331 e. The molecule has 0 aromatic carbocycles. The molecule has 0 fully saturated rings. The van der Waals surface area contributed by atoms with Gasteiger partial charge in [0.1, 0.15) is 5.69 Å². The number of nitrogens with zero attached hydrogens (tertiary/aromatic N) is 3. The van der Waals surface area contributed by atoms with Crippen LogP contribution in [0.1, 0.15) is 12.5 Å². The first-order valence-electron chi connectivity index (χ1n) is 5.72. The highest BCUT2D eigenvalue weighted by molar-refractivity contribution is 6.31. The van der Waals surface area contributed by atoms with Gasteiger partial charge in [0.05, 0.1) is 11.6 Å². The average Bonchev–Trinajstić information content (AvgIpc) is 2.41. The highest BCUT2D eigenvalue weighted by Crippen LogP contribution is 2.13. The lowest BCUT2D eigenvalue weighted by Gasteiger charge is -2.10. The summed E-state index contributed by atoms with van der Waals surface area (Å²) in [7, 11) is 0. The fourth-order valence-corrected chi connectivity index (χ4v) is 1.92. The number of nitrogens with two attached hydrogens (primary N) is 1. The molecule has 0 aliphatic rings. The largest absolute Gasteiger partial charge is 0.393 e. The molecule has 0 aliphatic carbocycles. The molecule has 0 bridgehead atoms. The zero-order chi connectivity index (χ0) is 14.0. The number of rotatable bonds is 3. The quantitative estimate of drug-likeness (QED) is 0.897. The lowest BCUT2D eigenvalue weighted by molar-refractivity contribution is 0.603. The predicted molar refractivity (Wildman–Crippen MR) is 73.4 cm³/mol. The van der Waals surface area contributed by atoms with Gasteiger partial charge >= 0.3 is 5.69 Å². The number of nitrogen functional groups attached to an aromatic ring is 1. The van der Waals surface area contributed by atoms with Crippen molar-refractivity contribution in [1.82, 2.24) is 14.1 Å². The van der Waals surface area contributed by atoms with Crippen LogP contribution in [-0.2, 0) is 13.1 Å². The minimum absolute atomic E-state index is 0.0339. The predicted octanol–water partition coefficient (Wildman–Crippen LogP) is 0.709. The summed E-state index contributed by atoms with van der Waals surface area (Å²) in [6.45, 7) is 2.31. The Bertz CT molecular complexity index is 720. The lowest BCUT2D eigenvalue weighted by atomic mass is 10.2. The van der Waals surface area contributed by atoms with Crippen molar-refractivity contribution < 1.29 is 0 Å². The molecule has 0 saturated heterocycles. The zero-order valence-corrected chi connectivity index (χ0v) is 11.1. The number of hydrogen-bond acceptors (Lipinski definition) is 4. The van der Waals surface area contributed by atoms with Gasteiger partial charge in [0.25, 0.3) is 5.56 Å². The Morgan fingerprint density at radius 3 is 2.79 bits per heavy atom. The molecule has 0 saturated carbocycles. The molecular weight excluding hydrogens is 268 g/mol. The van der Waals surface area contributed by atoms with Crippen molar-refractivity contribution in [1.29, 1.82) is 0 Å². The van der Waals surface area contributed by atoms with Gasteiger partial charge in [-0.3, -0.25) is 18.9 Å². The monoisotopic (exact) mass is 280 g/mol. The van der Waals surface area contributed by atoms with Crippen molar-refractivity contribution >= 4 is 17.3 Å². The van der Waals surface area contributed by atoms with Crippen LogP contribution in [-0.4, -0.2) is 14.1 Å². The van der Waals surface area contributed by atoms with Crippen LogP contribution in [0.4, 0.5) is 5.69 Å². The van der Waals surface area contributed by atoms with E-state index in [1.807, 2.05) is 0 Å². The van der Waals surface area contributed by atoms with E-state index in [-0.39, 0.29) is 12.2 Å². The molecule has 0 amide bonds. The third-order valence-electron chi connectivity index (χ3n) is 2.79. The molecule has 2 aromatic rings. The Kier molecular flexibility index (Phi) is 3.71. The Hall–Kier alpha value is -2.08. The van der Waals surface area contributed by atoms with Crippen molar-refractivity contribution in [2.24, 2.45) is 0 Å². The Morgan fingerprint density at radius 1 is 1.42 bits per heavy atom. The fraction of sp³-hybridized carbons (Fsp3) is 0.250. The van der Waals surface area contributed by atoms with Crippen LogP contribution in [0.5, 0.6) is 0 Å². The number of aryl methyl sites for hydroxylation is 1. The number of hydrogen-bond donors (Lipinski definition) is 1. The molecule has 2 aromatic heterocycles. The summed E-state index contributed by atoms with van der Waals surface area (Å²) in [5, 5.41) is 0.402. The minimum atomic E-state index is -0.512. The van der Waals surface area contributed by atoms with E-state index in [2.05, 4.69) is 4.98 Å². The molecule has 2 N–H and O–H groups in total. The molecule has 100 valence electrons. The van der Waals surface area contributed by atoms with Crippen LogP contribution in [0.2, 0.25) is 5.02 Å². The summed E-state index contributed by atoms with van der Waals surface area (Å²) in [6.07, 6.45) is 4.37. The molecule has 0 aliphatic heterocycles. The second-order valence-corrected chi connectivity index (χ2v) is 4.42. The van der Waals surface area contributed by atoms with Crippen molar-refractivity contribution in [3.63, 3.8) is 0 Å². The molecule has 0 atom stereocenters. The van der Waals surface area contributed by atoms with E-state index in [1.54, 1.807) is 19.2 Å². The van der Waals surface area contributed by atoms with Gasteiger partial charge in [0, 0.05) is 25.1 Å². The van der Waals surface area contributed by atoms with Gasteiger partial charge in [-0.2, -0.15) is 0 Å². The molecule has 7 heteroatoms. The lowest BCUT2D eigenvalue weighted by Crippen LogP contribution is -2.40. The maximum atomic E-state index is 12.1. The van der Waals surface area contributed by atoms with Crippen LogP contribution < -0.4 is 17.0 Å². The standard InChI is InChI=1S/C12H13ClN4O2/c1-2-16-7-10(14)11(18)17(12(16)19)6-8-3-4-15-5-9(8)13/h3-5,7H,2,6,14H2,1H3. The zero-order valence-electron chi connectivity index (χ0n) is 10.3. The van der Waals surface area contributed by atoms with Crippen LogP contribution in [0, 0.1) is 0 Å². The van der Waals surface area contributed by atoms with Gasteiger partial charge in [-0.1, -0.05) is 11.6 Å². The first kappa shape index (κ1) is 13.4. The van der Waals surface area contributed by atoms with Gasteiger partial charge in [0.2, 0.25) is 0 Å². The van der Waals surface area contributed by atoms with E-state index in [4.69, 9.17) is 17.3 Å². The molecule has 19 heavy (non-hydrogen) atoms. The van der Waals surface area contributed by atoms with Gasteiger partial charge < -0.3 is 5.73 Å². The van der Waals surface area contributed by atoms with Crippen LogP contribution >= 0.6 is 11.6 Å². The third-order valence-corrected chi connectivity index (χ3v) is 3.13. The van der Waals surface area contributed by atoms with E-state index in [0.29, 0.717) is 17.1 Å². The van der Waals surface area contributed by atoms with Crippen LogP contribution in [0.3, 0.4) is 0 Å². The summed E-state index contributed by atoms with van der Waals surface area (Å²) in [4.78, 5) is 27.9. The van der Waals surface area contributed by atoms with Gasteiger partial charge in [-0.15, -0.1) is 0 Å². The van der Waals surface area contributed by atoms with Crippen molar-refractivity contribution in [3.05, 3.63) is 56.1 Å². The summed E-state index contributed by atoms with van der Waals surface area (Å²) >= 11 is 5.97. The second kappa shape index (κ2) is 5.27. The smallest absolute Gasteiger partial charge is 0.331 e. The minimum Gasteiger partial charge on any atom is -0.393 e. The molecular formula is C12H13ClN4O2. The van der Waals surface area contributed by atoms with Crippen LogP contribution in [0.25, 0.3) is 0 Å². The van der Waals surface area contributed by atoms with Crippen LogP contribution in [0.15, 0.2) is 34.2 Å². The highest BCUT2D eigenvalue weighted by atomic mass is 35.5. The van der Waals surface area contributed by atoms with Crippen molar-refractivity contribution in [3.8, 4) is 0 Å². The maximum absolute atomic E-state index is 12.1. The van der Waals surface area contributed by atoms with Gasteiger partial charge in [0.15, 0.2) is 0 Å². The van der Waals surface area contributed by atoms with E-state index < -0.39 is 11.2 Å². The molecule has 0 radical (unpaired) electrons. The Balaban J connectivity index is 2.58. The van der Waals surface area contributed by atoms with Crippen molar-refractivity contribution in [2.45, 2.75) is 20.0 Å². The fourth-order valence-electron chi connectivity index (χ4n) is 1.74. The number of anilines is 1. The second-order valence-electron chi connectivity index (χ2n) is 4.01. The molecule has 0 spiro atoms. The summed E-state index contributed by atoms with van der Waals surface area (Å²) in [6, 6.07) is 1.66. The van der Waals surface area contributed by atoms with E-state index in [0.717, 1.165) is 4.57 Å². The van der Waals surface area contributed by atoms with Crippen molar-refractivity contribution in [2.75, 3.05) is 5.73 Å². The van der Waals surface area contributed by atoms with Gasteiger partial charge in [-0.05, 0) is 18.6 Å². The first-order valence-corrected chi connectivity index (χ1v) is 6.10. The van der Waals surface area contributed by atoms with Gasteiger partial charge in [-0.25, -0.2) is 4.79 Å². The van der Waals surface area contributed by atoms with E-state index in [9.17, 15) is 9.59 Å². The average molecular weight is 281 g/mol. The number of halogens is 1. The Labute approximate surface area is 114 Å². The summed E-state index contributed by atoms with van der Waals surface area (Å²) < 4.78 is 2.45. The number of pyridine rings is 1. The SMILES string of the molecule is CCn1cc(N)c(=O)n(Cc2ccncc2Cl)c1=O. The highest BCUT2D eigenvalue weighted by Gasteiger charge is 2.10. The van der Waals surface area contributed by atoms with E-state index >= 15 is 0 Å². The Morgan fingerprint density at radius 2 is 2.16 bits per heavy atom. The normalized spacial score (nSPS) is 10.6. The summed E-state index contributed by atoms with van der Waals surface area (Å²) in [5.74, 6) is 0. The molecule has 2 heterocycles. The van der Waals surface area contributed by atoms with E-state index in [1.165, 1.54) is 17.0 Å². The number of aromatic nitrogens is 3. The first-order chi connectivity index (χ1) is 9.04. The molecule has 2 rings (SSSR count). The topological polar surface area (TPSA) is 82.9 Å². The summed E-state index contributed by atoms with van der Waals surface area (Å²) in [5.41, 5.74) is 5.38. The molecule has 6 nitrogen and oxygen atoms in total. The molecule has 0 unspecified atom stereocenters. The third kappa shape index (κ3) is 2.53.